The van der Waals surface area contributed by atoms with E-state index in [-0.39, 0.29) is 0 Å². The number of rotatable bonds is 6. The van der Waals surface area contributed by atoms with E-state index in [1.54, 1.807) is 11.4 Å². The topological polar surface area (TPSA) is 49.4 Å². The Bertz CT molecular complexity index is 332. The minimum absolute atomic E-state index is 0.371. The minimum Gasteiger partial charge on any atom is -0.317 e. The number of sulfonamides is 1. The highest BCUT2D eigenvalue weighted by molar-refractivity contribution is 7.89. The molecule has 0 bridgehead atoms. The van der Waals surface area contributed by atoms with Crippen LogP contribution in [0.25, 0.3) is 0 Å². The van der Waals surface area contributed by atoms with E-state index in [0.29, 0.717) is 24.1 Å². The van der Waals surface area contributed by atoms with E-state index >= 15 is 0 Å². The van der Waals surface area contributed by atoms with Gasteiger partial charge in [-0.05, 0) is 57.0 Å². The van der Waals surface area contributed by atoms with Crippen molar-refractivity contribution in [2.75, 3.05) is 32.4 Å². The molecule has 0 radical (unpaired) electrons. The highest BCUT2D eigenvalue weighted by atomic mass is 32.2. The average Bonchev–Trinajstić information content (AvgIpc) is 3.10. The van der Waals surface area contributed by atoms with Gasteiger partial charge in [0.15, 0.2) is 0 Å². The molecule has 1 N–H and O–H groups in total. The molecule has 0 unspecified atom stereocenters. The molecule has 17 heavy (non-hydrogen) atoms. The van der Waals surface area contributed by atoms with Crippen molar-refractivity contribution in [3.8, 4) is 0 Å². The summed E-state index contributed by atoms with van der Waals surface area (Å²) in [7, 11) is -1.25. The van der Waals surface area contributed by atoms with Gasteiger partial charge in [-0.25, -0.2) is 12.7 Å². The van der Waals surface area contributed by atoms with Gasteiger partial charge in [0, 0.05) is 13.6 Å². The van der Waals surface area contributed by atoms with Crippen molar-refractivity contribution < 1.29 is 8.42 Å². The summed E-state index contributed by atoms with van der Waals surface area (Å²) in [6, 6.07) is 0. The zero-order valence-electron chi connectivity index (χ0n) is 10.7. The second kappa shape index (κ2) is 5.67. The zero-order valence-corrected chi connectivity index (χ0v) is 11.5. The van der Waals surface area contributed by atoms with Crippen molar-refractivity contribution in [3.05, 3.63) is 0 Å². The molecule has 2 aliphatic rings. The van der Waals surface area contributed by atoms with Crippen LogP contribution in [0.15, 0.2) is 0 Å². The molecule has 1 saturated heterocycles. The van der Waals surface area contributed by atoms with E-state index in [1.807, 2.05) is 0 Å². The fraction of sp³-hybridized carbons (Fsp3) is 1.00. The molecular weight excluding hydrogens is 236 g/mol. The molecule has 5 heteroatoms. The molecule has 0 aromatic heterocycles. The Labute approximate surface area is 105 Å². The van der Waals surface area contributed by atoms with Gasteiger partial charge in [-0.15, -0.1) is 0 Å². The van der Waals surface area contributed by atoms with Crippen LogP contribution in [0.4, 0.5) is 0 Å². The van der Waals surface area contributed by atoms with Gasteiger partial charge >= 0.3 is 0 Å². The minimum atomic E-state index is -2.98. The quantitative estimate of drug-likeness (QED) is 0.776. The van der Waals surface area contributed by atoms with Crippen LogP contribution >= 0.6 is 0 Å². The third kappa shape index (κ3) is 4.23. The Hall–Kier alpha value is -0.130. The van der Waals surface area contributed by atoms with Crippen LogP contribution < -0.4 is 5.32 Å². The lowest BCUT2D eigenvalue weighted by Gasteiger charge is -2.25. The third-order valence-corrected chi connectivity index (χ3v) is 5.95. The summed E-state index contributed by atoms with van der Waals surface area (Å²) >= 11 is 0. The zero-order chi connectivity index (χ0) is 12.3. The first-order valence-electron chi connectivity index (χ1n) is 6.72. The van der Waals surface area contributed by atoms with Gasteiger partial charge in [-0.3, -0.25) is 0 Å². The highest BCUT2D eigenvalue weighted by Gasteiger charge is 2.30. The van der Waals surface area contributed by atoms with Crippen molar-refractivity contribution in [3.63, 3.8) is 0 Å². The fourth-order valence-corrected chi connectivity index (χ4v) is 3.95. The summed E-state index contributed by atoms with van der Waals surface area (Å²) < 4.78 is 25.5. The molecule has 4 nitrogen and oxygen atoms in total. The lowest BCUT2D eigenvalue weighted by atomic mass is 9.95. The number of hydrogen-bond acceptors (Lipinski definition) is 3. The Morgan fingerprint density at radius 2 is 1.76 bits per heavy atom. The molecule has 1 heterocycles. The summed E-state index contributed by atoms with van der Waals surface area (Å²) in [6.07, 6.45) is 5.60. The average molecular weight is 260 g/mol. The van der Waals surface area contributed by atoms with Crippen LogP contribution in [0.3, 0.4) is 0 Å². The predicted octanol–water partition coefficient (Wildman–Crippen LogP) is 1.05. The number of piperidine rings is 1. The van der Waals surface area contributed by atoms with E-state index in [9.17, 15) is 8.42 Å². The Balaban J connectivity index is 1.73. The van der Waals surface area contributed by atoms with Gasteiger partial charge in [0.25, 0.3) is 0 Å². The Morgan fingerprint density at radius 3 is 2.35 bits per heavy atom. The molecule has 0 aromatic rings. The van der Waals surface area contributed by atoms with Gasteiger partial charge in [-0.2, -0.15) is 0 Å². The molecule has 1 aliphatic carbocycles. The van der Waals surface area contributed by atoms with Gasteiger partial charge in [-0.1, -0.05) is 0 Å². The number of nitrogens with one attached hydrogen (secondary N) is 1. The van der Waals surface area contributed by atoms with Crippen LogP contribution in [-0.2, 0) is 10.0 Å². The fourth-order valence-electron chi connectivity index (χ4n) is 2.38. The lowest BCUT2D eigenvalue weighted by Crippen LogP contribution is -2.34. The largest absolute Gasteiger partial charge is 0.317 e. The van der Waals surface area contributed by atoms with E-state index in [2.05, 4.69) is 5.32 Å². The standard InChI is InChI=1S/C12H24N2O2S/c1-14(17(15,16)10-12-2-3-12)9-6-11-4-7-13-8-5-11/h11-13H,2-10H2,1H3. The van der Waals surface area contributed by atoms with Gasteiger partial charge < -0.3 is 5.32 Å². The molecule has 2 fully saturated rings. The molecule has 100 valence electrons. The number of nitrogens with zero attached hydrogens (tertiary/aromatic N) is 1. The summed E-state index contributed by atoms with van der Waals surface area (Å²) in [5, 5.41) is 3.34. The molecule has 0 amide bonds. The van der Waals surface area contributed by atoms with Crippen LogP contribution in [0.2, 0.25) is 0 Å². The Morgan fingerprint density at radius 1 is 1.12 bits per heavy atom. The number of hydrogen-bond donors (Lipinski definition) is 1. The maximum absolute atomic E-state index is 12.0. The summed E-state index contributed by atoms with van der Waals surface area (Å²) in [6.45, 7) is 2.87. The molecular formula is C12H24N2O2S. The molecule has 1 aliphatic heterocycles. The van der Waals surface area contributed by atoms with Crippen molar-refractivity contribution in [2.45, 2.75) is 32.1 Å². The summed E-state index contributed by atoms with van der Waals surface area (Å²) in [4.78, 5) is 0. The maximum atomic E-state index is 12.0. The molecule has 0 spiro atoms. The van der Waals surface area contributed by atoms with Gasteiger partial charge in [0.05, 0.1) is 5.75 Å². The smallest absolute Gasteiger partial charge is 0.214 e. The predicted molar refractivity (Wildman–Crippen MR) is 69.4 cm³/mol. The van der Waals surface area contributed by atoms with Crippen molar-refractivity contribution >= 4 is 10.0 Å². The SMILES string of the molecule is CN(CCC1CCNCC1)S(=O)(=O)CC1CC1. The summed E-state index contributed by atoms with van der Waals surface area (Å²) in [5.41, 5.74) is 0. The Kier molecular flexibility index (Phi) is 4.44. The van der Waals surface area contributed by atoms with E-state index in [0.717, 1.165) is 32.4 Å². The van der Waals surface area contributed by atoms with Crippen LogP contribution in [-0.4, -0.2) is 45.2 Å². The maximum Gasteiger partial charge on any atom is 0.214 e. The molecule has 0 aromatic carbocycles. The molecule has 2 rings (SSSR count). The monoisotopic (exact) mass is 260 g/mol. The van der Waals surface area contributed by atoms with E-state index in [1.165, 1.54) is 12.8 Å². The first kappa shape index (κ1) is 13.3. The highest BCUT2D eigenvalue weighted by Crippen LogP contribution is 2.31. The first-order chi connectivity index (χ1) is 8.08. The second-order valence-electron chi connectivity index (χ2n) is 5.53. The summed E-state index contributed by atoms with van der Waals surface area (Å²) in [5.74, 6) is 1.52. The van der Waals surface area contributed by atoms with Crippen LogP contribution in [0.1, 0.15) is 32.1 Å². The van der Waals surface area contributed by atoms with Crippen molar-refractivity contribution in [1.82, 2.24) is 9.62 Å². The van der Waals surface area contributed by atoms with Crippen molar-refractivity contribution in [1.29, 1.82) is 0 Å². The molecule has 1 saturated carbocycles. The van der Waals surface area contributed by atoms with Crippen LogP contribution in [0.5, 0.6) is 0 Å². The first-order valence-corrected chi connectivity index (χ1v) is 8.33. The van der Waals surface area contributed by atoms with E-state index < -0.39 is 10.0 Å². The third-order valence-electron chi connectivity index (χ3n) is 3.93. The van der Waals surface area contributed by atoms with Gasteiger partial charge in [0.2, 0.25) is 10.0 Å². The van der Waals surface area contributed by atoms with Gasteiger partial charge in [0.1, 0.15) is 0 Å². The van der Waals surface area contributed by atoms with Crippen LogP contribution in [0, 0.1) is 11.8 Å². The van der Waals surface area contributed by atoms with E-state index in [4.69, 9.17) is 0 Å². The normalized spacial score (nSPS) is 23.2. The lowest BCUT2D eigenvalue weighted by molar-refractivity contribution is 0.326. The second-order valence-corrected chi connectivity index (χ2v) is 7.65. The molecule has 0 atom stereocenters. The van der Waals surface area contributed by atoms with Crippen molar-refractivity contribution in [2.24, 2.45) is 11.8 Å².